The molecule has 0 aliphatic rings. The first-order chi connectivity index (χ1) is 8.06. The van der Waals surface area contributed by atoms with E-state index in [4.69, 9.17) is 17.3 Å². The smallest absolute Gasteiger partial charge is 0.0619 e. The number of anilines is 3. The van der Waals surface area contributed by atoms with Gasteiger partial charge in [0, 0.05) is 9.50 Å². The summed E-state index contributed by atoms with van der Waals surface area (Å²) in [6, 6.07) is 11.5. The molecule has 2 aromatic rings. The second-order valence-corrected chi connectivity index (χ2v) is 5.13. The van der Waals surface area contributed by atoms with Crippen molar-refractivity contribution in [1.82, 2.24) is 0 Å². The Morgan fingerprint density at radius 2 is 1.82 bits per heavy atom. The number of halogens is 2. The predicted octanol–water partition coefficient (Wildman–Crippen LogP) is 4.74. The maximum Gasteiger partial charge on any atom is 0.0619 e. The van der Waals surface area contributed by atoms with Gasteiger partial charge in [-0.2, -0.15) is 0 Å². The molecular weight excluding hydrogens is 300 g/mol. The molecule has 0 aliphatic heterocycles. The van der Waals surface area contributed by atoms with Gasteiger partial charge in [-0.25, -0.2) is 0 Å². The molecule has 2 nitrogen and oxygen atoms in total. The molecule has 0 heterocycles. The van der Waals surface area contributed by atoms with E-state index in [2.05, 4.69) is 27.3 Å². The quantitative estimate of drug-likeness (QED) is 0.786. The van der Waals surface area contributed by atoms with Gasteiger partial charge < -0.3 is 11.1 Å². The van der Waals surface area contributed by atoms with Crippen LogP contribution < -0.4 is 11.1 Å². The average molecular weight is 312 g/mol. The van der Waals surface area contributed by atoms with Gasteiger partial charge >= 0.3 is 0 Å². The number of aryl methyl sites for hydroxylation is 1. The SMILES string of the molecule is Cc1ccc(Nc2ccc(Cl)cc2N)c(Br)c1. The van der Waals surface area contributed by atoms with Crippen LogP contribution in [0.25, 0.3) is 0 Å². The van der Waals surface area contributed by atoms with Crippen molar-refractivity contribution < 1.29 is 0 Å². The topological polar surface area (TPSA) is 38.0 Å². The monoisotopic (exact) mass is 310 g/mol. The van der Waals surface area contributed by atoms with Crippen molar-refractivity contribution in [2.45, 2.75) is 6.92 Å². The van der Waals surface area contributed by atoms with Gasteiger partial charge in [-0.05, 0) is 58.7 Å². The first kappa shape index (κ1) is 12.3. The molecule has 0 unspecified atom stereocenters. The van der Waals surface area contributed by atoms with Gasteiger partial charge in [0.05, 0.1) is 17.1 Å². The third kappa shape index (κ3) is 2.93. The summed E-state index contributed by atoms with van der Waals surface area (Å²) < 4.78 is 1.01. The molecule has 0 saturated heterocycles. The van der Waals surface area contributed by atoms with Crippen LogP contribution in [0, 0.1) is 6.92 Å². The van der Waals surface area contributed by atoms with E-state index < -0.39 is 0 Å². The molecule has 2 rings (SSSR count). The van der Waals surface area contributed by atoms with E-state index in [0.717, 1.165) is 15.8 Å². The number of nitrogens with two attached hydrogens (primary N) is 1. The second kappa shape index (κ2) is 4.98. The first-order valence-electron chi connectivity index (χ1n) is 5.14. The standard InChI is InChI=1S/C13H12BrClN2/c1-8-2-4-12(10(14)6-8)17-13-5-3-9(15)7-11(13)16/h2-7,17H,16H2,1H3. The van der Waals surface area contributed by atoms with E-state index in [1.807, 2.05) is 31.2 Å². The van der Waals surface area contributed by atoms with Crippen molar-refractivity contribution in [2.24, 2.45) is 0 Å². The van der Waals surface area contributed by atoms with Crippen LogP contribution in [-0.4, -0.2) is 0 Å². The Morgan fingerprint density at radius 1 is 1.12 bits per heavy atom. The summed E-state index contributed by atoms with van der Waals surface area (Å²) in [7, 11) is 0. The zero-order valence-corrected chi connectivity index (χ0v) is 11.6. The Bertz CT molecular complexity index is 506. The van der Waals surface area contributed by atoms with Crippen molar-refractivity contribution in [2.75, 3.05) is 11.1 Å². The minimum Gasteiger partial charge on any atom is -0.397 e. The lowest BCUT2D eigenvalue weighted by Crippen LogP contribution is -1.96. The zero-order chi connectivity index (χ0) is 12.4. The highest BCUT2D eigenvalue weighted by molar-refractivity contribution is 9.10. The first-order valence-corrected chi connectivity index (χ1v) is 6.31. The van der Waals surface area contributed by atoms with Crippen LogP contribution in [0.2, 0.25) is 5.02 Å². The van der Waals surface area contributed by atoms with E-state index in [1.165, 1.54) is 5.56 Å². The fourth-order valence-electron chi connectivity index (χ4n) is 1.51. The van der Waals surface area contributed by atoms with Crippen molar-refractivity contribution >= 4 is 44.6 Å². The zero-order valence-electron chi connectivity index (χ0n) is 9.30. The number of rotatable bonds is 2. The summed E-state index contributed by atoms with van der Waals surface area (Å²) >= 11 is 9.37. The highest BCUT2D eigenvalue weighted by atomic mass is 79.9. The molecule has 0 spiro atoms. The van der Waals surface area contributed by atoms with Crippen LogP contribution >= 0.6 is 27.5 Å². The minimum atomic E-state index is 0.630. The van der Waals surface area contributed by atoms with E-state index in [9.17, 15) is 0 Å². The normalized spacial score (nSPS) is 10.3. The summed E-state index contributed by atoms with van der Waals surface area (Å²) in [5.74, 6) is 0. The number of nitrogens with one attached hydrogen (secondary N) is 1. The van der Waals surface area contributed by atoms with Gasteiger partial charge in [-0.3, -0.25) is 0 Å². The molecule has 2 aromatic carbocycles. The second-order valence-electron chi connectivity index (χ2n) is 3.84. The molecule has 4 heteroatoms. The molecule has 0 saturated carbocycles. The van der Waals surface area contributed by atoms with Crippen LogP contribution in [0.15, 0.2) is 40.9 Å². The van der Waals surface area contributed by atoms with Gasteiger partial charge in [0.15, 0.2) is 0 Å². The molecular formula is C13H12BrClN2. The van der Waals surface area contributed by atoms with Crippen LogP contribution in [-0.2, 0) is 0 Å². The Morgan fingerprint density at radius 3 is 2.47 bits per heavy atom. The highest BCUT2D eigenvalue weighted by Gasteiger charge is 2.03. The average Bonchev–Trinajstić information content (AvgIpc) is 2.25. The van der Waals surface area contributed by atoms with Crippen LogP contribution in [0.5, 0.6) is 0 Å². The maximum atomic E-state index is 5.89. The fourth-order valence-corrected chi connectivity index (χ4v) is 2.29. The molecule has 0 fully saturated rings. The van der Waals surface area contributed by atoms with Crippen LogP contribution in [0.1, 0.15) is 5.56 Å². The number of hydrogen-bond donors (Lipinski definition) is 2. The van der Waals surface area contributed by atoms with Gasteiger partial charge in [-0.1, -0.05) is 17.7 Å². The van der Waals surface area contributed by atoms with E-state index in [0.29, 0.717) is 10.7 Å². The molecule has 17 heavy (non-hydrogen) atoms. The lowest BCUT2D eigenvalue weighted by Gasteiger charge is -2.11. The minimum absolute atomic E-state index is 0.630. The largest absolute Gasteiger partial charge is 0.397 e. The van der Waals surface area contributed by atoms with Crippen LogP contribution in [0.3, 0.4) is 0 Å². The summed E-state index contributed by atoms with van der Waals surface area (Å²) in [4.78, 5) is 0. The van der Waals surface area contributed by atoms with Crippen molar-refractivity contribution in [3.05, 3.63) is 51.5 Å². The van der Waals surface area contributed by atoms with E-state index >= 15 is 0 Å². The lowest BCUT2D eigenvalue weighted by molar-refractivity contribution is 1.43. The molecule has 3 N–H and O–H groups in total. The summed E-state index contributed by atoms with van der Waals surface area (Å²) in [6.07, 6.45) is 0. The summed E-state index contributed by atoms with van der Waals surface area (Å²) in [5, 5.41) is 3.90. The highest BCUT2D eigenvalue weighted by Crippen LogP contribution is 2.30. The lowest BCUT2D eigenvalue weighted by atomic mass is 10.2. The summed E-state index contributed by atoms with van der Waals surface area (Å²) in [6.45, 7) is 2.05. The van der Waals surface area contributed by atoms with Gasteiger partial charge in [0.25, 0.3) is 0 Å². The molecule has 0 aliphatic carbocycles. The molecule has 88 valence electrons. The maximum absolute atomic E-state index is 5.89. The molecule has 0 aromatic heterocycles. The molecule has 0 radical (unpaired) electrons. The third-order valence-electron chi connectivity index (χ3n) is 2.41. The third-order valence-corrected chi connectivity index (χ3v) is 3.30. The predicted molar refractivity (Wildman–Crippen MR) is 78.0 cm³/mol. The summed E-state index contributed by atoms with van der Waals surface area (Å²) in [5.41, 5.74) is 9.54. The van der Waals surface area contributed by atoms with Gasteiger partial charge in [0.1, 0.15) is 0 Å². The van der Waals surface area contributed by atoms with Gasteiger partial charge in [-0.15, -0.1) is 0 Å². The number of nitrogen functional groups attached to an aromatic ring is 1. The van der Waals surface area contributed by atoms with E-state index in [-0.39, 0.29) is 0 Å². The Hall–Kier alpha value is -1.19. The number of benzene rings is 2. The molecule has 0 bridgehead atoms. The van der Waals surface area contributed by atoms with Crippen molar-refractivity contribution in [1.29, 1.82) is 0 Å². The Labute approximate surface area is 114 Å². The van der Waals surface area contributed by atoms with Gasteiger partial charge in [0.2, 0.25) is 0 Å². The Kier molecular flexibility index (Phi) is 3.60. The van der Waals surface area contributed by atoms with Crippen molar-refractivity contribution in [3.63, 3.8) is 0 Å². The molecule has 0 atom stereocenters. The number of hydrogen-bond acceptors (Lipinski definition) is 2. The molecule has 0 amide bonds. The fraction of sp³-hybridized carbons (Fsp3) is 0.0769. The van der Waals surface area contributed by atoms with E-state index in [1.54, 1.807) is 6.07 Å². The van der Waals surface area contributed by atoms with Crippen LogP contribution in [0.4, 0.5) is 17.1 Å². The Balaban J connectivity index is 2.31. The van der Waals surface area contributed by atoms with Crippen molar-refractivity contribution in [3.8, 4) is 0 Å².